The number of aryl methyl sites for hydroxylation is 2. The number of nitrogens with zero attached hydrogens (tertiary/aromatic N) is 5. The molecule has 0 unspecified atom stereocenters. The third-order valence-electron chi connectivity index (χ3n) is 3.83. The summed E-state index contributed by atoms with van der Waals surface area (Å²) in [5.41, 5.74) is 1.37. The molecule has 3 heterocycles. The van der Waals surface area contributed by atoms with Gasteiger partial charge in [-0.05, 0) is 35.3 Å². The van der Waals surface area contributed by atoms with Crippen LogP contribution in [0, 0.1) is 25.2 Å². The second kappa shape index (κ2) is 6.42. The van der Waals surface area contributed by atoms with Crippen LogP contribution in [-0.4, -0.2) is 25.2 Å². The van der Waals surface area contributed by atoms with Gasteiger partial charge in [0.05, 0.1) is 5.56 Å². The van der Waals surface area contributed by atoms with E-state index in [1.165, 1.54) is 26.9 Å². The Morgan fingerprint density at radius 1 is 1.48 bits per heavy atom. The SMILES string of the molecule is Cc1sc(NC(=O)Cn2cnc3c(c(Br)nn3C)c2=O)c(C#N)c1C. The molecule has 8 nitrogen and oxygen atoms in total. The Morgan fingerprint density at radius 3 is 2.88 bits per heavy atom. The minimum Gasteiger partial charge on any atom is -0.315 e. The molecule has 0 bridgehead atoms. The van der Waals surface area contributed by atoms with Gasteiger partial charge in [0.2, 0.25) is 5.91 Å². The molecule has 10 heteroatoms. The number of fused-ring (bicyclic) bond motifs is 1. The van der Waals surface area contributed by atoms with Gasteiger partial charge < -0.3 is 5.32 Å². The molecule has 1 amide bonds. The average Bonchev–Trinajstić information content (AvgIpc) is 2.99. The number of anilines is 1. The summed E-state index contributed by atoms with van der Waals surface area (Å²) < 4.78 is 3.08. The molecule has 3 rings (SSSR count). The number of carbonyl (C=O) groups is 1. The molecular weight excluding hydrogens is 408 g/mol. The normalized spacial score (nSPS) is 10.8. The smallest absolute Gasteiger partial charge is 0.266 e. The van der Waals surface area contributed by atoms with Crippen molar-refractivity contribution in [1.82, 2.24) is 19.3 Å². The van der Waals surface area contributed by atoms with Gasteiger partial charge in [0, 0.05) is 11.9 Å². The summed E-state index contributed by atoms with van der Waals surface area (Å²) in [5.74, 6) is -0.402. The van der Waals surface area contributed by atoms with E-state index in [1.807, 2.05) is 13.8 Å². The lowest BCUT2D eigenvalue weighted by Crippen LogP contribution is -2.28. The molecule has 0 aliphatic heterocycles. The number of rotatable bonds is 3. The number of aromatic nitrogens is 4. The van der Waals surface area contributed by atoms with Gasteiger partial charge in [-0.3, -0.25) is 14.2 Å². The minimum absolute atomic E-state index is 0.204. The van der Waals surface area contributed by atoms with Gasteiger partial charge in [-0.25, -0.2) is 9.67 Å². The fraction of sp³-hybridized carbons (Fsp3) is 0.267. The number of hydrogen-bond donors (Lipinski definition) is 1. The van der Waals surface area contributed by atoms with Crippen LogP contribution in [0.25, 0.3) is 11.0 Å². The van der Waals surface area contributed by atoms with Crippen molar-refractivity contribution in [3.8, 4) is 6.07 Å². The first-order valence-corrected chi connectivity index (χ1v) is 8.82. The second-order valence-corrected chi connectivity index (χ2v) is 7.41. The molecule has 0 aromatic carbocycles. The zero-order valence-electron chi connectivity index (χ0n) is 13.6. The van der Waals surface area contributed by atoms with Crippen LogP contribution in [-0.2, 0) is 18.4 Å². The van der Waals surface area contributed by atoms with E-state index >= 15 is 0 Å². The predicted octanol–water partition coefficient (Wildman–Crippen LogP) is 2.08. The summed E-state index contributed by atoms with van der Waals surface area (Å²) in [4.78, 5) is 30.0. The largest absolute Gasteiger partial charge is 0.315 e. The molecular formula is C15H13BrN6O2S. The number of thiophene rings is 1. The molecule has 0 saturated carbocycles. The van der Waals surface area contributed by atoms with Crippen LogP contribution in [0.15, 0.2) is 15.7 Å². The quantitative estimate of drug-likeness (QED) is 0.697. The van der Waals surface area contributed by atoms with Gasteiger partial charge in [0.25, 0.3) is 5.56 Å². The van der Waals surface area contributed by atoms with Crippen LogP contribution < -0.4 is 10.9 Å². The highest BCUT2D eigenvalue weighted by atomic mass is 79.9. The van der Waals surface area contributed by atoms with Gasteiger partial charge in [0.15, 0.2) is 5.65 Å². The summed E-state index contributed by atoms with van der Waals surface area (Å²) in [6.07, 6.45) is 1.31. The van der Waals surface area contributed by atoms with E-state index in [-0.39, 0.29) is 12.1 Å². The first kappa shape index (κ1) is 17.3. The van der Waals surface area contributed by atoms with E-state index in [0.29, 0.717) is 26.2 Å². The molecule has 128 valence electrons. The van der Waals surface area contributed by atoms with Crippen molar-refractivity contribution < 1.29 is 4.79 Å². The number of nitrogens with one attached hydrogen (secondary N) is 1. The van der Waals surface area contributed by atoms with Crippen LogP contribution in [0.4, 0.5) is 5.00 Å². The molecule has 0 fully saturated rings. The lowest BCUT2D eigenvalue weighted by molar-refractivity contribution is -0.116. The highest BCUT2D eigenvalue weighted by Gasteiger charge is 2.17. The Hall–Kier alpha value is -2.51. The van der Waals surface area contributed by atoms with Gasteiger partial charge >= 0.3 is 0 Å². The fourth-order valence-corrected chi connectivity index (χ4v) is 4.03. The standard InChI is InChI=1S/C15H13BrN6O2S/c1-7-8(2)25-14(9(7)4-17)19-10(23)5-22-6-18-13-11(15(22)24)12(16)20-21(13)3/h6H,5H2,1-3H3,(H,19,23). The lowest BCUT2D eigenvalue weighted by Gasteiger charge is -2.06. The van der Waals surface area contributed by atoms with E-state index in [2.05, 4.69) is 37.4 Å². The minimum atomic E-state index is -0.402. The second-order valence-electron chi connectivity index (χ2n) is 5.44. The Balaban J connectivity index is 1.90. The van der Waals surface area contributed by atoms with E-state index in [1.54, 1.807) is 7.05 Å². The first-order chi connectivity index (χ1) is 11.8. The maximum absolute atomic E-state index is 12.5. The van der Waals surface area contributed by atoms with Gasteiger partial charge in [0.1, 0.15) is 33.9 Å². The summed E-state index contributed by atoms with van der Waals surface area (Å²) in [6.45, 7) is 3.52. The van der Waals surface area contributed by atoms with Crippen molar-refractivity contribution in [3.05, 3.63) is 37.3 Å². The zero-order valence-corrected chi connectivity index (χ0v) is 16.0. The summed E-state index contributed by atoms with van der Waals surface area (Å²) in [5, 5.41) is 16.8. The molecule has 0 aliphatic rings. The fourth-order valence-electron chi connectivity index (χ4n) is 2.42. The van der Waals surface area contributed by atoms with Crippen LogP contribution in [0.3, 0.4) is 0 Å². The number of halogens is 1. The molecule has 0 aliphatic carbocycles. The average molecular weight is 421 g/mol. The molecule has 3 aromatic rings. The lowest BCUT2D eigenvalue weighted by atomic mass is 10.2. The topological polar surface area (TPSA) is 106 Å². The number of amides is 1. The van der Waals surface area contributed by atoms with E-state index < -0.39 is 5.91 Å². The van der Waals surface area contributed by atoms with Crippen molar-refractivity contribution in [1.29, 1.82) is 5.26 Å². The van der Waals surface area contributed by atoms with Gasteiger partial charge in [-0.2, -0.15) is 10.4 Å². The summed E-state index contributed by atoms with van der Waals surface area (Å²) in [7, 11) is 1.68. The zero-order chi connectivity index (χ0) is 18.3. The van der Waals surface area contributed by atoms with E-state index in [4.69, 9.17) is 0 Å². The molecule has 3 aromatic heterocycles. The summed E-state index contributed by atoms with van der Waals surface area (Å²) >= 11 is 4.57. The maximum atomic E-state index is 12.5. The van der Waals surface area contributed by atoms with Gasteiger partial charge in [-0.15, -0.1) is 11.3 Å². The molecule has 1 N–H and O–H groups in total. The molecule has 0 atom stereocenters. The Labute approximate surface area is 154 Å². The van der Waals surface area contributed by atoms with Gasteiger partial charge in [-0.1, -0.05) is 0 Å². The Kier molecular flexibility index (Phi) is 4.45. The van der Waals surface area contributed by atoms with Crippen molar-refractivity contribution in [3.63, 3.8) is 0 Å². The first-order valence-electron chi connectivity index (χ1n) is 7.21. The third kappa shape index (κ3) is 2.96. The third-order valence-corrected chi connectivity index (χ3v) is 5.51. The van der Waals surface area contributed by atoms with Crippen molar-refractivity contribution in [2.24, 2.45) is 7.05 Å². The van der Waals surface area contributed by atoms with Crippen LogP contribution in [0.2, 0.25) is 0 Å². The number of carbonyl (C=O) groups excluding carboxylic acids is 1. The van der Waals surface area contributed by atoms with Crippen LogP contribution >= 0.6 is 27.3 Å². The number of hydrogen-bond acceptors (Lipinski definition) is 6. The molecule has 0 radical (unpaired) electrons. The van der Waals surface area contributed by atoms with Crippen molar-refractivity contribution >= 4 is 49.2 Å². The highest BCUT2D eigenvalue weighted by Crippen LogP contribution is 2.31. The van der Waals surface area contributed by atoms with E-state index in [0.717, 1.165) is 10.4 Å². The molecule has 0 spiro atoms. The Bertz CT molecular complexity index is 1100. The number of nitriles is 1. The maximum Gasteiger partial charge on any atom is 0.266 e. The van der Waals surface area contributed by atoms with Crippen molar-refractivity contribution in [2.75, 3.05) is 5.32 Å². The van der Waals surface area contributed by atoms with Crippen LogP contribution in [0.5, 0.6) is 0 Å². The van der Waals surface area contributed by atoms with E-state index in [9.17, 15) is 14.9 Å². The molecule has 0 saturated heterocycles. The van der Waals surface area contributed by atoms with Crippen molar-refractivity contribution in [2.45, 2.75) is 20.4 Å². The highest BCUT2D eigenvalue weighted by molar-refractivity contribution is 9.10. The summed E-state index contributed by atoms with van der Waals surface area (Å²) in [6, 6.07) is 2.10. The molecule has 25 heavy (non-hydrogen) atoms. The predicted molar refractivity (Wildman–Crippen MR) is 97.6 cm³/mol. The monoisotopic (exact) mass is 420 g/mol. The van der Waals surface area contributed by atoms with Crippen LogP contribution in [0.1, 0.15) is 16.0 Å². The Morgan fingerprint density at radius 2 is 2.20 bits per heavy atom.